The van der Waals surface area contributed by atoms with Crippen LogP contribution >= 0.6 is 0 Å². The van der Waals surface area contributed by atoms with Gasteiger partial charge >= 0.3 is 5.97 Å². The predicted octanol–water partition coefficient (Wildman–Crippen LogP) is 6.29. The lowest BCUT2D eigenvalue weighted by atomic mass is 10.1. The number of hydrogen-bond donors (Lipinski definition) is 1. The number of aromatic nitrogens is 1. The summed E-state index contributed by atoms with van der Waals surface area (Å²) in [6.07, 6.45) is 1.23. The smallest absolute Gasteiger partial charge is 0.303 e. The number of aryl methyl sites for hydroxylation is 1. The van der Waals surface area contributed by atoms with Crippen molar-refractivity contribution in [2.45, 2.75) is 24.3 Å². The zero-order chi connectivity index (χ0) is 28.3. The summed E-state index contributed by atoms with van der Waals surface area (Å²) in [5.41, 5.74) is 2.24. The standard InChI is InChI=1S/C31H26FNO6S/c1-38-24-13-15-27-26(18-24)23(12-17-29(34)35)19-33(27)40(36,37)31-25(22-10-6-3-7-11-22)14-16-28(30(31)32)39-20-21-8-4-2-5-9-21/h2-11,13-16,18-19H,12,17,20H2,1H3,(H,34,35). The summed E-state index contributed by atoms with van der Waals surface area (Å²) in [4.78, 5) is 10.8. The van der Waals surface area contributed by atoms with E-state index in [9.17, 15) is 18.3 Å². The van der Waals surface area contributed by atoms with Crippen LogP contribution in [0.5, 0.6) is 11.5 Å². The predicted molar refractivity (Wildman–Crippen MR) is 150 cm³/mol. The molecule has 0 aliphatic carbocycles. The van der Waals surface area contributed by atoms with Gasteiger partial charge < -0.3 is 14.6 Å². The topological polar surface area (TPSA) is 94.8 Å². The van der Waals surface area contributed by atoms with Gasteiger partial charge in [0, 0.05) is 23.6 Å². The minimum absolute atomic E-state index is 0.0491. The molecule has 0 saturated carbocycles. The number of benzene rings is 4. The average Bonchev–Trinajstić information content (AvgIpc) is 3.34. The average molecular weight is 560 g/mol. The maximum absolute atomic E-state index is 16.3. The number of aliphatic carboxylic acids is 1. The Labute approximate surface area is 231 Å². The van der Waals surface area contributed by atoms with E-state index in [-0.39, 0.29) is 36.3 Å². The lowest BCUT2D eigenvalue weighted by Gasteiger charge is -2.17. The summed E-state index contributed by atoms with van der Waals surface area (Å²) in [5, 5.41) is 9.74. The lowest BCUT2D eigenvalue weighted by molar-refractivity contribution is -0.136. The number of ether oxygens (including phenoxy) is 2. The number of nitrogens with zero attached hydrogens (tertiary/aromatic N) is 1. The first kappa shape index (κ1) is 27.0. The maximum atomic E-state index is 16.3. The Morgan fingerprint density at radius 3 is 2.33 bits per heavy atom. The molecule has 5 rings (SSSR count). The van der Waals surface area contributed by atoms with Crippen LogP contribution in [-0.2, 0) is 27.8 Å². The molecule has 0 aliphatic rings. The fraction of sp³-hybridized carbons (Fsp3) is 0.129. The lowest BCUT2D eigenvalue weighted by Crippen LogP contribution is -2.16. The molecule has 0 spiro atoms. The first-order valence-electron chi connectivity index (χ1n) is 12.5. The Kier molecular flexibility index (Phi) is 7.57. The molecule has 7 nitrogen and oxygen atoms in total. The monoisotopic (exact) mass is 559 g/mol. The summed E-state index contributed by atoms with van der Waals surface area (Å²) < 4.78 is 57.0. The van der Waals surface area contributed by atoms with Gasteiger partial charge in [0.1, 0.15) is 17.3 Å². The van der Waals surface area contributed by atoms with E-state index in [1.165, 1.54) is 25.4 Å². The molecule has 0 amide bonds. The van der Waals surface area contributed by atoms with Gasteiger partial charge in [-0.1, -0.05) is 60.7 Å². The highest BCUT2D eigenvalue weighted by Crippen LogP contribution is 2.38. The third-order valence-corrected chi connectivity index (χ3v) is 8.30. The molecule has 0 saturated heterocycles. The molecular formula is C31H26FNO6S. The van der Waals surface area contributed by atoms with E-state index in [1.54, 1.807) is 48.5 Å². The molecule has 204 valence electrons. The van der Waals surface area contributed by atoms with Gasteiger partial charge in [-0.05, 0) is 53.4 Å². The number of carboxylic acids is 1. The van der Waals surface area contributed by atoms with Crippen molar-refractivity contribution >= 4 is 26.9 Å². The Bertz CT molecular complexity index is 1780. The molecule has 9 heteroatoms. The van der Waals surface area contributed by atoms with Crippen LogP contribution in [0.3, 0.4) is 0 Å². The molecule has 1 N–H and O–H groups in total. The molecule has 0 unspecified atom stereocenters. The van der Waals surface area contributed by atoms with Crippen molar-refractivity contribution in [3.05, 3.63) is 114 Å². The summed E-state index contributed by atoms with van der Waals surface area (Å²) in [5.74, 6) is -1.76. The number of carboxylic acid groups (broad SMARTS) is 1. The Balaban J connectivity index is 1.69. The van der Waals surface area contributed by atoms with Crippen molar-refractivity contribution in [2.75, 3.05) is 7.11 Å². The number of halogens is 1. The molecule has 0 radical (unpaired) electrons. The minimum Gasteiger partial charge on any atom is -0.497 e. The molecule has 5 aromatic rings. The van der Waals surface area contributed by atoms with E-state index in [4.69, 9.17) is 9.47 Å². The highest BCUT2D eigenvalue weighted by molar-refractivity contribution is 7.90. The number of hydrogen-bond acceptors (Lipinski definition) is 5. The van der Waals surface area contributed by atoms with Crippen LogP contribution in [0.4, 0.5) is 4.39 Å². The van der Waals surface area contributed by atoms with Crippen LogP contribution in [0.1, 0.15) is 17.5 Å². The van der Waals surface area contributed by atoms with Crippen LogP contribution in [0.2, 0.25) is 0 Å². The normalized spacial score (nSPS) is 11.4. The van der Waals surface area contributed by atoms with Crippen LogP contribution < -0.4 is 9.47 Å². The van der Waals surface area contributed by atoms with Crippen LogP contribution in [0, 0.1) is 5.82 Å². The van der Waals surface area contributed by atoms with Gasteiger partial charge in [0.15, 0.2) is 11.6 Å². The van der Waals surface area contributed by atoms with Crippen LogP contribution in [-0.4, -0.2) is 30.6 Å². The van der Waals surface area contributed by atoms with E-state index in [1.807, 2.05) is 30.3 Å². The maximum Gasteiger partial charge on any atom is 0.303 e. The van der Waals surface area contributed by atoms with Gasteiger partial charge in [0.05, 0.1) is 12.6 Å². The SMILES string of the molecule is COc1ccc2c(c1)c(CCC(=O)O)cn2S(=O)(=O)c1c(-c2ccccc2)ccc(OCc2ccccc2)c1F. The second-order valence-electron chi connectivity index (χ2n) is 9.13. The molecule has 1 aromatic heterocycles. The summed E-state index contributed by atoms with van der Waals surface area (Å²) >= 11 is 0. The van der Waals surface area contributed by atoms with Gasteiger partial charge in [0.2, 0.25) is 0 Å². The van der Waals surface area contributed by atoms with Gasteiger partial charge in [-0.15, -0.1) is 0 Å². The van der Waals surface area contributed by atoms with Gasteiger partial charge in [0.25, 0.3) is 10.0 Å². The third kappa shape index (κ3) is 5.28. The number of methoxy groups -OCH3 is 1. The molecule has 0 atom stereocenters. The van der Waals surface area contributed by atoms with Crippen molar-refractivity contribution in [1.82, 2.24) is 3.97 Å². The van der Waals surface area contributed by atoms with Gasteiger partial charge in [-0.2, -0.15) is 0 Å². The minimum atomic E-state index is -4.54. The largest absolute Gasteiger partial charge is 0.497 e. The Morgan fingerprint density at radius 1 is 0.950 bits per heavy atom. The summed E-state index contributed by atoms with van der Waals surface area (Å²) in [7, 11) is -3.06. The zero-order valence-electron chi connectivity index (χ0n) is 21.6. The van der Waals surface area contributed by atoms with E-state index in [2.05, 4.69) is 0 Å². The highest BCUT2D eigenvalue weighted by atomic mass is 32.2. The van der Waals surface area contributed by atoms with E-state index >= 15 is 4.39 Å². The quantitative estimate of drug-likeness (QED) is 0.216. The molecule has 1 heterocycles. The summed E-state index contributed by atoms with van der Waals surface area (Å²) in [6, 6.07) is 25.6. The van der Waals surface area contributed by atoms with Gasteiger partial charge in [-0.25, -0.2) is 16.8 Å². The molecule has 0 bridgehead atoms. The fourth-order valence-electron chi connectivity index (χ4n) is 4.59. The first-order chi connectivity index (χ1) is 19.3. The van der Waals surface area contributed by atoms with Crippen molar-refractivity contribution in [1.29, 1.82) is 0 Å². The molecule has 0 aliphatic heterocycles. The second-order valence-corrected chi connectivity index (χ2v) is 10.9. The summed E-state index contributed by atoms with van der Waals surface area (Å²) in [6.45, 7) is 0.0491. The number of carbonyl (C=O) groups is 1. The molecule has 0 fully saturated rings. The van der Waals surface area contributed by atoms with E-state index in [0.29, 0.717) is 22.3 Å². The van der Waals surface area contributed by atoms with Crippen LogP contribution in [0.25, 0.3) is 22.0 Å². The van der Waals surface area contributed by atoms with E-state index in [0.717, 1.165) is 9.54 Å². The zero-order valence-corrected chi connectivity index (χ0v) is 22.4. The number of fused-ring (bicyclic) bond motifs is 1. The van der Waals surface area contributed by atoms with Crippen molar-refractivity contribution in [3.8, 4) is 22.6 Å². The number of rotatable bonds is 10. The van der Waals surface area contributed by atoms with Gasteiger partial charge in [-0.3, -0.25) is 4.79 Å². The molecule has 40 heavy (non-hydrogen) atoms. The van der Waals surface area contributed by atoms with E-state index < -0.39 is 26.7 Å². The van der Waals surface area contributed by atoms with Crippen molar-refractivity contribution < 1.29 is 32.2 Å². The fourth-order valence-corrected chi connectivity index (χ4v) is 6.26. The second kappa shape index (κ2) is 11.2. The van der Waals surface area contributed by atoms with Crippen molar-refractivity contribution in [2.24, 2.45) is 0 Å². The molecule has 4 aromatic carbocycles. The third-order valence-electron chi connectivity index (χ3n) is 6.57. The Morgan fingerprint density at radius 2 is 1.65 bits per heavy atom. The molecular weight excluding hydrogens is 533 g/mol. The Hall–Kier alpha value is -4.63. The highest BCUT2D eigenvalue weighted by Gasteiger charge is 2.31. The first-order valence-corrected chi connectivity index (χ1v) is 13.9. The van der Waals surface area contributed by atoms with Crippen molar-refractivity contribution in [3.63, 3.8) is 0 Å². The van der Waals surface area contributed by atoms with Crippen LogP contribution in [0.15, 0.2) is 102 Å².